The number of urea groups is 1. The van der Waals surface area contributed by atoms with E-state index in [0.29, 0.717) is 13.1 Å². The van der Waals surface area contributed by atoms with Crippen molar-refractivity contribution >= 4 is 23.3 Å². The summed E-state index contributed by atoms with van der Waals surface area (Å²) in [5.41, 5.74) is 5.06. The Hall–Kier alpha value is -2.82. The average molecular weight is 351 g/mol. The minimum absolute atomic E-state index is 0.0518. The van der Waals surface area contributed by atoms with Crippen LogP contribution < -0.4 is 10.2 Å². The summed E-state index contributed by atoms with van der Waals surface area (Å²) < 4.78 is 0. The third kappa shape index (κ3) is 3.43. The van der Waals surface area contributed by atoms with E-state index in [1.165, 1.54) is 0 Å². The second-order valence-corrected chi connectivity index (χ2v) is 6.87. The van der Waals surface area contributed by atoms with E-state index in [-0.39, 0.29) is 11.9 Å². The standard InChI is InChI=1S/C21H25N3O2/c1-14-8-10-18(11-9-14)22-21(26)23-12-13-24(20(25)17(23)4)19-7-5-6-15(2)16(19)3/h5-11,17H,12-13H2,1-4H3,(H,22,26). The summed E-state index contributed by atoms with van der Waals surface area (Å²) in [6.45, 7) is 8.84. The lowest BCUT2D eigenvalue weighted by Crippen LogP contribution is -2.58. The van der Waals surface area contributed by atoms with Gasteiger partial charge < -0.3 is 15.1 Å². The third-order valence-corrected chi connectivity index (χ3v) is 5.09. The first kappa shape index (κ1) is 18.0. The largest absolute Gasteiger partial charge is 0.322 e. The van der Waals surface area contributed by atoms with E-state index < -0.39 is 6.04 Å². The molecule has 1 unspecified atom stereocenters. The molecule has 1 heterocycles. The molecule has 0 bridgehead atoms. The van der Waals surface area contributed by atoms with Gasteiger partial charge in [-0.15, -0.1) is 0 Å². The van der Waals surface area contributed by atoms with Crippen LogP contribution in [0.4, 0.5) is 16.2 Å². The lowest BCUT2D eigenvalue weighted by atomic mass is 10.1. The first-order valence-electron chi connectivity index (χ1n) is 8.90. The fourth-order valence-electron chi connectivity index (χ4n) is 3.25. The Bertz CT molecular complexity index is 830. The van der Waals surface area contributed by atoms with Gasteiger partial charge in [0.1, 0.15) is 6.04 Å². The number of carbonyl (C=O) groups excluding carboxylic acids is 2. The van der Waals surface area contributed by atoms with Gasteiger partial charge in [-0.2, -0.15) is 0 Å². The van der Waals surface area contributed by atoms with Gasteiger partial charge in [-0.1, -0.05) is 29.8 Å². The van der Waals surface area contributed by atoms with Crippen LogP contribution in [-0.4, -0.2) is 36.0 Å². The Balaban J connectivity index is 1.74. The predicted molar refractivity (Wildman–Crippen MR) is 105 cm³/mol. The van der Waals surface area contributed by atoms with Gasteiger partial charge in [-0.25, -0.2) is 4.79 Å². The van der Waals surface area contributed by atoms with Gasteiger partial charge in [0, 0.05) is 24.5 Å². The maximum atomic E-state index is 12.9. The average Bonchev–Trinajstić information content (AvgIpc) is 2.62. The molecule has 2 aromatic carbocycles. The summed E-state index contributed by atoms with van der Waals surface area (Å²) >= 11 is 0. The molecule has 136 valence electrons. The van der Waals surface area contributed by atoms with Crippen LogP contribution in [0.25, 0.3) is 0 Å². The van der Waals surface area contributed by atoms with E-state index in [1.807, 2.05) is 63.2 Å². The highest BCUT2D eigenvalue weighted by molar-refractivity contribution is 6.02. The van der Waals surface area contributed by atoms with E-state index in [0.717, 1.165) is 28.1 Å². The fourth-order valence-corrected chi connectivity index (χ4v) is 3.25. The van der Waals surface area contributed by atoms with Crippen molar-refractivity contribution in [3.8, 4) is 0 Å². The number of aryl methyl sites for hydroxylation is 2. The van der Waals surface area contributed by atoms with Crippen LogP contribution in [0.1, 0.15) is 23.6 Å². The Morgan fingerprint density at radius 3 is 2.42 bits per heavy atom. The van der Waals surface area contributed by atoms with Crippen LogP contribution in [0.2, 0.25) is 0 Å². The molecule has 0 aliphatic carbocycles. The predicted octanol–water partition coefficient (Wildman–Crippen LogP) is 3.88. The highest BCUT2D eigenvalue weighted by atomic mass is 16.2. The number of hydrogen-bond acceptors (Lipinski definition) is 2. The zero-order valence-corrected chi connectivity index (χ0v) is 15.7. The maximum Gasteiger partial charge on any atom is 0.322 e. The fraction of sp³-hybridized carbons (Fsp3) is 0.333. The topological polar surface area (TPSA) is 52.7 Å². The van der Waals surface area contributed by atoms with Gasteiger partial charge in [0.2, 0.25) is 5.91 Å². The first-order valence-corrected chi connectivity index (χ1v) is 8.90. The van der Waals surface area contributed by atoms with E-state index in [2.05, 4.69) is 5.32 Å². The number of piperazine rings is 1. The van der Waals surface area contributed by atoms with Crippen molar-refractivity contribution in [1.82, 2.24) is 4.90 Å². The molecule has 1 aliphatic heterocycles. The molecule has 1 fully saturated rings. The normalized spacial score (nSPS) is 17.4. The van der Waals surface area contributed by atoms with Gasteiger partial charge in [0.25, 0.3) is 0 Å². The summed E-state index contributed by atoms with van der Waals surface area (Å²) in [6.07, 6.45) is 0. The van der Waals surface area contributed by atoms with Crippen molar-refractivity contribution in [2.24, 2.45) is 0 Å². The van der Waals surface area contributed by atoms with Gasteiger partial charge in [0.05, 0.1) is 0 Å². The molecule has 1 saturated heterocycles. The molecule has 26 heavy (non-hydrogen) atoms. The Morgan fingerprint density at radius 1 is 1.04 bits per heavy atom. The van der Waals surface area contributed by atoms with E-state index in [1.54, 1.807) is 16.7 Å². The molecule has 0 radical (unpaired) electrons. The quantitative estimate of drug-likeness (QED) is 0.893. The Kier molecular flexibility index (Phi) is 4.98. The summed E-state index contributed by atoms with van der Waals surface area (Å²) in [5, 5.41) is 2.88. The van der Waals surface area contributed by atoms with Gasteiger partial charge >= 0.3 is 6.03 Å². The van der Waals surface area contributed by atoms with Gasteiger partial charge in [0.15, 0.2) is 0 Å². The van der Waals surface area contributed by atoms with Gasteiger partial charge in [-0.05, 0) is 57.0 Å². The van der Waals surface area contributed by atoms with Crippen LogP contribution in [0.15, 0.2) is 42.5 Å². The Morgan fingerprint density at radius 2 is 1.73 bits per heavy atom. The van der Waals surface area contributed by atoms with E-state index in [9.17, 15) is 9.59 Å². The molecule has 0 saturated carbocycles. The zero-order valence-electron chi connectivity index (χ0n) is 15.7. The lowest BCUT2D eigenvalue weighted by Gasteiger charge is -2.39. The van der Waals surface area contributed by atoms with Crippen molar-refractivity contribution in [2.45, 2.75) is 33.7 Å². The van der Waals surface area contributed by atoms with Crippen LogP contribution >= 0.6 is 0 Å². The van der Waals surface area contributed by atoms with Crippen LogP contribution in [0, 0.1) is 20.8 Å². The first-order chi connectivity index (χ1) is 12.4. The molecular formula is C21H25N3O2. The molecule has 1 atom stereocenters. The number of anilines is 2. The summed E-state index contributed by atoms with van der Waals surface area (Å²) in [4.78, 5) is 28.9. The molecule has 5 heteroatoms. The molecule has 1 aliphatic rings. The zero-order chi connectivity index (χ0) is 18.8. The van der Waals surface area contributed by atoms with Crippen molar-refractivity contribution in [3.05, 3.63) is 59.2 Å². The van der Waals surface area contributed by atoms with Crippen LogP contribution in [0.5, 0.6) is 0 Å². The monoisotopic (exact) mass is 351 g/mol. The van der Waals surface area contributed by atoms with Gasteiger partial charge in [-0.3, -0.25) is 4.79 Å². The SMILES string of the molecule is Cc1ccc(NC(=O)N2CCN(c3cccc(C)c3C)C(=O)C2C)cc1. The molecule has 0 spiro atoms. The minimum Gasteiger partial charge on any atom is -0.311 e. The smallest absolute Gasteiger partial charge is 0.311 e. The minimum atomic E-state index is -0.505. The summed E-state index contributed by atoms with van der Waals surface area (Å²) in [6, 6.07) is 12.9. The number of hydrogen-bond donors (Lipinski definition) is 1. The highest BCUT2D eigenvalue weighted by Crippen LogP contribution is 2.26. The third-order valence-electron chi connectivity index (χ3n) is 5.09. The van der Waals surface area contributed by atoms with Crippen molar-refractivity contribution in [3.63, 3.8) is 0 Å². The lowest BCUT2D eigenvalue weighted by molar-refractivity contribution is -0.123. The van der Waals surface area contributed by atoms with E-state index >= 15 is 0 Å². The van der Waals surface area contributed by atoms with Crippen LogP contribution in [-0.2, 0) is 4.79 Å². The molecule has 2 aromatic rings. The van der Waals surface area contributed by atoms with E-state index in [4.69, 9.17) is 0 Å². The second-order valence-electron chi connectivity index (χ2n) is 6.87. The molecule has 3 amide bonds. The number of nitrogens with zero attached hydrogens (tertiary/aromatic N) is 2. The van der Waals surface area contributed by atoms with Crippen molar-refractivity contribution < 1.29 is 9.59 Å². The number of carbonyl (C=O) groups is 2. The molecule has 5 nitrogen and oxygen atoms in total. The maximum absolute atomic E-state index is 12.9. The van der Waals surface area contributed by atoms with Crippen molar-refractivity contribution in [1.29, 1.82) is 0 Å². The van der Waals surface area contributed by atoms with Crippen molar-refractivity contribution in [2.75, 3.05) is 23.3 Å². The summed E-state index contributed by atoms with van der Waals surface area (Å²) in [5.74, 6) is -0.0518. The highest BCUT2D eigenvalue weighted by Gasteiger charge is 2.35. The number of nitrogens with one attached hydrogen (secondary N) is 1. The second kappa shape index (κ2) is 7.20. The Labute approximate surface area is 154 Å². The summed E-state index contributed by atoms with van der Waals surface area (Å²) in [7, 11) is 0. The van der Waals surface area contributed by atoms with Crippen LogP contribution in [0.3, 0.4) is 0 Å². The number of rotatable bonds is 2. The molecule has 1 N–H and O–H groups in total. The molecular weight excluding hydrogens is 326 g/mol. The number of amides is 3. The molecule has 0 aromatic heterocycles. The molecule has 3 rings (SSSR count). The number of benzene rings is 2.